The van der Waals surface area contributed by atoms with E-state index in [0.29, 0.717) is 12.6 Å². The Hall–Kier alpha value is -3.38. The smallest absolute Gasteiger partial charge is 0.154 e. The lowest BCUT2D eigenvalue weighted by Gasteiger charge is -2.26. The first-order valence-electron chi connectivity index (χ1n) is 10.8. The Balaban J connectivity index is 1.31. The molecule has 31 heavy (non-hydrogen) atoms. The summed E-state index contributed by atoms with van der Waals surface area (Å²) < 4.78 is 7.77. The Labute approximate surface area is 181 Å². The van der Waals surface area contributed by atoms with Crippen molar-refractivity contribution < 1.29 is 9.84 Å². The Morgan fingerprint density at radius 3 is 2.48 bits per heavy atom. The zero-order valence-corrected chi connectivity index (χ0v) is 17.3. The molecule has 0 unspecified atom stereocenters. The number of fused-ring (bicyclic) bond motifs is 1. The Morgan fingerprint density at radius 1 is 0.935 bits per heavy atom. The predicted molar refractivity (Wildman–Crippen MR) is 121 cm³/mol. The van der Waals surface area contributed by atoms with Crippen molar-refractivity contribution in [2.75, 3.05) is 5.32 Å². The van der Waals surface area contributed by atoms with E-state index >= 15 is 0 Å². The second-order valence-corrected chi connectivity index (χ2v) is 8.08. The SMILES string of the molecule is O[C@H]1CC[C@H](Nc2ccc3ncc(-c4ccc(OCc5ccccc5)cc4)n3n2)CC1. The average molecular weight is 415 g/mol. The van der Waals surface area contributed by atoms with E-state index in [1.54, 1.807) is 0 Å². The Bertz CT molecular complexity index is 1130. The van der Waals surface area contributed by atoms with Crippen molar-refractivity contribution in [1.82, 2.24) is 14.6 Å². The fourth-order valence-corrected chi connectivity index (χ4v) is 4.04. The van der Waals surface area contributed by atoms with Crippen LogP contribution in [0.1, 0.15) is 31.2 Å². The molecule has 0 spiro atoms. The summed E-state index contributed by atoms with van der Waals surface area (Å²) in [4.78, 5) is 4.50. The van der Waals surface area contributed by atoms with Gasteiger partial charge in [0.05, 0.1) is 18.0 Å². The fraction of sp³-hybridized carbons (Fsp3) is 0.280. The summed E-state index contributed by atoms with van der Waals surface area (Å²) in [5.74, 6) is 1.66. The maximum Gasteiger partial charge on any atom is 0.154 e. The van der Waals surface area contributed by atoms with Gasteiger partial charge in [0.1, 0.15) is 18.2 Å². The molecule has 158 valence electrons. The summed E-state index contributed by atoms with van der Waals surface area (Å²) in [6, 6.07) is 22.5. The number of aromatic nitrogens is 3. The quantitative estimate of drug-likeness (QED) is 0.479. The number of nitrogens with one attached hydrogen (secondary N) is 1. The monoisotopic (exact) mass is 414 g/mol. The molecule has 1 fully saturated rings. The lowest BCUT2D eigenvalue weighted by Crippen LogP contribution is -2.28. The van der Waals surface area contributed by atoms with Crippen LogP contribution in [0.15, 0.2) is 72.9 Å². The second-order valence-electron chi connectivity index (χ2n) is 8.08. The lowest BCUT2D eigenvalue weighted by molar-refractivity contribution is 0.126. The molecule has 6 nitrogen and oxygen atoms in total. The van der Waals surface area contributed by atoms with Crippen molar-refractivity contribution in [3.63, 3.8) is 0 Å². The van der Waals surface area contributed by atoms with Crippen LogP contribution in [0.5, 0.6) is 5.75 Å². The molecule has 0 bridgehead atoms. The molecule has 2 aromatic carbocycles. The Kier molecular flexibility index (Phi) is 5.54. The van der Waals surface area contributed by atoms with Crippen LogP contribution >= 0.6 is 0 Å². The fourth-order valence-electron chi connectivity index (χ4n) is 4.04. The molecule has 1 saturated carbocycles. The molecule has 2 heterocycles. The van der Waals surface area contributed by atoms with Gasteiger partial charge in [-0.15, -0.1) is 5.10 Å². The summed E-state index contributed by atoms with van der Waals surface area (Å²) in [5, 5.41) is 18.0. The van der Waals surface area contributed by atoms with Crippen LogP contribution in [-0.4, -0.2) is 31.9 Å². The first kappa shape index (κ1) is 19.6. The summed E-state index contributed by atoms with van der Waals surface area (Å²) in [7, 11) is 0. The summed E-state index contributed by atoms with van der Waals surface area (Å²) in [6.45, 7) is 0.546. The topological polar surface area (TPSA) is 71.7 Å². The van der Waals surface area contributed by atoms with E-state index in [1.807, 2.05) is 65.3 Å². The number of hydrogen-bond acceptors (Lipinski definition) is 5. The first-order valence-corrected chi connectivity index (χ1v) is 10.8. The molecule has 2 aromatic heterocycles. The van der Waals surface area contributed by atoms with E-state index in [0.717, 1.165) is 59.7 Å². The second kappa shape index (κ2) is 8.78. The minimum absolute atomic E-state index is 0.159. The highest BCUT2D eigenvalue weighted by molar-refractivity contribution is 5.64. The number of aliphatic hydroxyl groups excluding tert-OH is 1. The Morgan fingerprint density at radius 2 is 1.71 bits per heavy atom. The van der Waals surface area contributed by atoms with Crippen LogP contribution < -0.4 is 10.1 Å². The summed E-state index contributed by atoms with van der Waals surface area (Å²) >= 11 is 0. The number of rotatable bonds is 6. The normalized spacial score (nSPS) is 18.7. The highest BCUT2D eigenvalue weighted by Crippen LogP contribution is 2.25. The van der Waals surface area contributed by atoms with Gasteiger partial charge < -0.3 is 15.2 Å². The number of ether oxygens (including phenoxy) is 1. The molecule has 1 aliphatic rings. The number of anilines is 1. The van der Waals surface area contributed by atoms with Crippen LogP contribution in [0.25, 0.3) is 16.9 Å². The van der Waals surface area contributed by atoms with E-state index in [-0.39, 0.29) is 6.10 Å². The number of nitrogens with zero attached hydrogens (tertiary/aromatic N) is 3. The molecule has 5 rings (SSSR count). The summed E-state index contributed by atoms with van der Waals surface area (Å²) in [5.41, 5.74) is 3.92. The zero-order valence-electron chi connectivity index (χ0n) is 17.3. The molecule has 0 radical (unpaired) electrons. The van der Waals surface area contributed by atoms with Crippen molar-refractivity contribution in [3.8, 4) is 17.0 Å². The van der Waals surface area contributed by atoms with Crippen molar-refractivity contribution in [2.45, 2.75) is 44.4 Å². The van der Waals surface area contributed by atoms with Crippen LogP contribution in [0, 0.1) is 0 Å². The number of imidazole rings is 1. The third-order valence-electron chi connectivity index (χ3n) is 5.81. The van der Waals surface area contributed by atoms with Crippen molar-refractivity contribution >= 4 is 11.5 Å². The molecule has 6 heteroatoms. The van der Waals surface area contributed by atoms with Gasteiger partial charge in [-0.3, -0.25) is 0 Å². The van der Waals surface area contributed by atoms with Gasteiger partial charge in [0.2, 0.25) is 0 Å². The van der Waals surface area contributed by atoms with Gasteiger partial charge >= 0.3 is 0 Å². The predicted octanol–water partition coefficient (Wildman–Crippen LogP) is 4.69. The largest absolute Gasteiger partial charge is 0.489 e. The van der Waals surface area contributed by atoms with E-state index < -0.39 is 0 Å². The molecule has 0 atom stereocenters. The number of benzene rings is 2. The summed E-state index contributed by atoms with van der Waals surface area (Å²) in [6.07, 6.45) is 5.30. The molecular weight excluding hydrogens is 388 g/mol. The van der Waals surface area contributed by atoms with Crippen molar-refractivity contribution in [2.24, 2.45) is 0 Å². The number of aliphatic hydroxyl groups is 1. The van der Waals surface area contributed by atoms with Crippen LogP contribution in [0.3, 0.4) is 0 Å². The third kappa shape index (κ3) is 4.54. The average Bonchev–Trinajstić information content (AvgIpc) is 3.24. The molecular formula is C25H26N4O2. The third-order valence-corrected chi connectivity index (χ3v) is 5.81. The molecule has 0 amide bonds. The van der Waals surface area contributed by atoms with E-state index in [4.69, 9.17) is 9.84 Å². The maximum absolute atomic E-state index is 9.72. The van der Waals surface area contributed by atoms with Gasteiger partial charge in [-0.1, -0.05) is 30.3 Å². The van der Waals surface area contributed by atoms with Gasteiger partial charge in [-0.2, -0.15) is 0 Å². The van der Waals surface area contributed by atoms with Gasteiger partial charge in [-0.25, -0.2) is 9.50 Å². The first-order chi connectivity index (χ1) is 15.2. The minimum Gasteiger partial charge on any atom is -0.489 e. The standard InChI is InChI=1S/C25H26N4O2/c30-21-10-8-20(9-11-21)27-24-14-15-25-26-16-23(29(25)28-24)19-6-12-22(13-7-19)31-17-18-4-2-1-3-5-18/h1-7,12-16,20-21,30H,8-11,17H2,(H,27,28)/t20-,21-. The molecule has 2 N–H and O–H groups in total. The van der Waals surface area contributed by atoms with Crippen molar-refractivity contribution in [1.29, 1.82) is 0 Å². The van der Waals surface area contributed by atoms with Crippen molar-refractivity contribution in [3.05, 3.63) is 78.5 Å². The number of hydrogen-bond donors (Lipinski definition) is 2. The van der Waals surface area contributed by atoms with Gasteiger partial charge in [-0.05, 0) is 67.6 Å². The molecule has 1 aliphatic carbocycles. The minimum atomic E-state index is -0.159. The van der Waals surface area contributed by atoms with Crippen LogP contribution in [0.2, 0.25) is 0 Å². The van der Waals surface area contributed by atoms with Crippen LogP contribution in [0.4, 0.5) is 5.82 Å². The van der Waals surface area contributed by atoms with E-state index in [1.165, 1.54) is 0 Å². The maximum atomic E-state index is 9.72. The van der Waals surface area contributed by atoms with E-state index in [9.17, 15) is 5.11 Å². The molecule has 4 aromatic rings. The van der Waals surface area contributed by atoms with E-state index in [2.05, 4.69) is 22.4 Å². The highest BCUT2D eigenvalue weighted by atomic mass is 16.5. The van der Waals surface area contributed by atoms with Gasteiger partial charge in [0, 0.05) is 11.6 Å². The van der Waals surface area contributed by atoms with Gasteiger partial charge in [0.15, 0.2) is 5.65 Å². The zero-order chi connectivity index (χ0) is 21.0. The van der Waals surface area contributed by atoms with Crippen LogP contribution in [-0.2, 0) is 6.61 Å². The van der Waals surface area contributed by atoms with Gasteiger partial charge in [0.25, 0.3) is 0 Å². The molecule has 0 aliphatic heterocycles. The molecule has 0 saturated heterocycles. The lowest BCUT2D eigenvalue weighted by atomic mass is 9.93. The highest BCUT2D eigenvalue weighted by Gasteiger charge is 2.19.